The summed E-state index contributed by atoms with van der Waals surface area (Å²) in [4.78, 5) is 37.2. The molecule has 3 aromatic rings. The van der Waals surface area contributed by atoms with Gasteiger partial charge in [-0.25, -0.2) is 15.0 Å². The van der Waals surface area contributed by atoms with Crippen molar-refractivity contribution < 1.29 is 33.3 Å². The molecule has 1 atom stereocenters. The zero-order chi connectivity index (χ0) is 31.6. The van der Waals surface area contributed by atoms with Gasteiger partial charge in [0.1, 0.15) is 12.4 Å². The van der Waals surface area contributed by atoms with E-state index in [0.29, 0.717) is 38.4 Å². The molecule has 1 aliphatic heterocycles. The monoisotopic (exact) mass is 640 g/mol. The lowest BCUT2D eigenvalue weighted by Gasteiger charge is -2.28. The van der Waals surface area contributed by atoms with Crippen LogP contribution >= 0.6 is 23.2 Å². The van der Waals surface area contributed by atoms with Gasteiger partial charge in [-0.15, -0.1) is 0 Å². The van der Waals surface area contributed by atoms with Crippen LogP contribution in [-0.4, -0.2) is 44.4 Å². The Balaban J connectivity index is 1.37. The number of nitrogens with one attached hydrogen (secondary N) is 3. The average molecular weight is 642 g/mol. The standard InChI is InChI=1S/C31H30Cl2N4O7/c1-4-42-30(39)28-18(2)35-31(40)36-29(28)19-10-12-25(26(13-19)41-3)44-17-27(38)37-34-15-20-7-5-6-8-24(20)43-16-21-9-11-22(32)14-23(21)33/h5-15,29H,4,16-17H2,1-3H3,(H,37,38)(H2,35,36,40)/b34-15+/t29-/m0/s1. The van der Waals surface area contributed by atoms with Gasteiger partial charge in [-0.3, -0.25) is 4.79 Å². The number of carbonyl (C=O) groups is 3. The second-order valence-corrected chi connectivity index (χ2v) is 10.2. The molecule has 0 aliphatic carbocycles. The van der Waals surface area contributed by atoms with Crippen LogP contribution in [0.3, 0.4) is 0 Å². The van der Waals surface area contributed by atoms with Gasteiger partial charge in [0.2, 0.25) is 0 Å². The molecule has 44 heavy (non-hydrogen) atoms. The number of methoxy groups -OCH3 is 1. The maximum absolute atomic E-state index is 12.6. The number of benzene rings is 3. The quantitative estimate of drug-likeness (QED) is 0.139. The van der Waals surface area contributed by atoms with Gasteiger partial charge in [0.05, 0.1) is 31.5 Å². The van der Waals surface area contributed by atoms with Gasteiger partial charge in [0.25, 0.3) is 5.91 Å². The summed E-state index contributed by atoms with van der Waals surface area (Å²) < 4.78 is 22.2. The van der Waals surface area contributed by atoms with Crippen LogP contribution in [0.1, 0.15) is 36.6 Å². The summed E-state index contributed by atoms with van der Waals surface area (Å²) in [7, 11) is 1.44. The van der Waals surface area contributed by atoms with E-state index in [2.05, 4.69) is 21.2 Å². The fourth-order valence-corrected chi connectivity index (χ4v) is 4.73. The summed E-state index contributed by atoms with van der Waals surface area (Å²) in [6, 6.07) is 16.0. The van der Waals surface area contributed by atoms with Crippen molar-refractivity contribution >= 4 is 47.3 Å². The Bertz CT molecular complexity index is 1610. The number of rotatable bonds is 12. The van der Waals surface area contributed by atoms with Crippen LogP contribution in [0.25, 0.3) is 0 Å². The smallest absolute Gasteiger partial charge is 0.338 e. The van der Waals surface area contributed by atoms with Crippen molar-refractivity contribution in [2.75, 3.05) is 20.3 Å². The number of esters is 1. The van der Waals surface area contributed by atoms with Gasteiger partial charge >= 0.3 is 12.0 Å². The maximum Gasteiger partial charge on any atom is 0.338 e. The Morgan fingerprint density at radius 3 is 2.57 bits per heavy atom. The van der Waals surface area contributed by atoms with Crippen molar-refractivity contribution in [3.63, 3.8) is 0 Å². The summed E-state index contributed by atoms with van der Waals surface area (Å²) in [5.41, 5.74) is 5.02. The van der Waals surface area contributed by atoms with Crippen LogP contribution in [0, 0.1) is 0 Å². The highest BCUT2D eigenvalue weighted by Crippen LogP contribution is 2.34. The minimum Gasteiger partial charge on any atom is -0.493 e. The molecule has 230 valence electrons. The molecule has 0 fully saturated rings. The fourth-order valence-electron chi connectivity index (χ4n) is 4.27. The zero-order valence-corrected chi connectivity index (χ0v) is 25.6. The van der Waals surface area contributed by atoms with Gasteiger partial charge < -0.3 is 29.6 Å². The van der Waals surface area contributed by atoms with Crippen LogP contribution < -0.4 is 30.3 Å². The van der Waals surface area contributed by atoms with Crippen LogP contribution in [0.15, 0.2) is 77.0 Å². The lowest BCUT2D eigenvalue weighted by molar-refractivity contribution is -0.139. The number of hydrogen-bond acceptors (Lipinski definition) is 8. The minimum atomic E-state index is -0.779. The lowest BCUT2D eigenvalue weighted by atomic mass is 9.95. The molecule has 3 N–H and O–H groups in total. The third kappa shape index (κ3) is 8.21. The number of para-hydroxylation sites is 1. The van der Waals surface area contributed by atoms with Crippen molar-refractivity contribution in [2.45, 2.75) is 26.5 Å². The average Bonchev–Trinajstić information content (AvgIpc) is 2.99. The maximum atomic E-state index is 12.6. The molecular formula is C31H30Cl2N4O7. The molecule has 1 heterocycles. The number of carbonyl (C=O) groups excluding carboxylic acids is 3. The fraction of sp³-hybridized carbons (Fsp3) is 0.226. The van der Waals surface area contributed by atoms with Crippen LogP contribution in [0.5, 0.6) is 17.2 Å². The molecule has 13 heteroatoms. The first-order valence-electron chi connectivity index (χ1n) is 13.4. The van der Waals surface area contributed by atoms with E-state index in [4.69, 9.17) is 42.1 Å². The van der Waals surface area contributed by atoms with Crippen molar-refractivity contribution in [3.8, 4) is 17.2 Å². The number of allylic oxidation sites excluding steroid dienone is 1. The van der Waals surface area contributed by atoms with Gasteiger partial charge in [0, 0.05) is 26.9 Å². The Morgan fingerprint density at radius 1 is 1.02 bits per heavy atom. The predicted molar refractivity (Wildman–Crippen MR) is 165 cm³/mol. The van der Waals surface area contributed by atoms with Gasteiger partial charge in [-0.2, -0.15) is 5.10 Å². The first kappa shape index (κ1) is 32.2. The highest BCUT2D eigenvalue weighted by molar-refractivity contribution is 6.35. The third-order valence-electron chi connectivity index (χ3n) is 6.35. The Labute approximate surface area is 264 Å². The largest absolute Gasteiger partial charge is 0.493 e. The number of halogens is 2. The molecule has 3 amide bonds. The summed E-state index contributed by atoms with van der Waals surface area (Å²) >= 11 is 12.2. The van der Waals surface area contributed by atoms with Gasteiger partial charge in [0.15, 0.2) is 18.1 Å². The molecule has 3 aromatic carbocycles. The normalized spacial score (nSPS) is 14.5. The topological polar surface area (TPSA) is 137 Å². The van der Waals surface area contributed by atoms with Gasteiger partial charge in [-0.1, -0.05) is 47.5 Å². The summed E-state index contributed by atoms with van der Waals surface area (Å²) in [5.74, 6) is 0.0262. The molecule has 0 unspecified atom stereocenters. The molecule has 0 bridgehead atoms. The summed E-state index contributed by atoms with van der Waals surface area (Å²) in [5, 5.41) is 10.4. The first-order chi connectivity index (χ1) is 21.2. The summed E-state index contributed by atoms with van der Waals surface area (Å²) in [6.45, 7) is 3.35. The van der Waals surface area contributed by atoms with E-state index in [1.807, 2.05) is 12.1 Å². The van der Waals surface area contributed by atoms with E-state index in [1.165, 1.54) is 13.3 Å². The number of hydrazone groups is 1. The second kappa shape index (κ2) is 15.1. The molecule has 0 saturated heterocycles. The molecule has 0 radical (unpaired) electrons. The van der Waals surface area contributed by atoms with Crippen LogP contribution in [0.2, 0.25) is 10.0 Å². The van der Waals surface area contributed by atoms with Crippen molar-refractivity contribution in [1.29, 1.82) is 0 Å². The second-order valence-electron chi connectivity index (χ2n) is 9.35. The molecule has 0 saturated carbocycles. The van der Waals surface area contributed by atoms with Gasteiger partial charge in [-0.05, 0) is 55.8 Å². The van der Waals surface area contributed by atoms with E-state index < -0.39 is 23.9 Å². The van der Waals surface area contributed by atoms with Crippen LogP contribution in [0.4, 0.5) is 4.79 Å². The highest BCUT2D eigenvalue weighted by Gasteiger charge is 2.32. The van der Waals surface area contributed by atoms with Crippen molar-refractivity contribution in [3.05, 3.63) is 98.7 Å². The Kier molecular flexibility index (Phi) is 11.1. The molecule has 0 spiro atoms. The molecule has 4 rings (SSSR count). The molecule has 1 aliphatic rings. The Morgan fingerprint density at radius 2 is 1.82 bits per heavy atom. The van der Waals surface area contributed by atoms with Crippen LogP contribution in [-0.2, 0) is 20.9 Å². The van der Waals surface area contributed by atoms with Crippen molar-refractivity contribution in [1.82, 2.24) is 16.1 Å². The first-order valence-corrected chi connectivity index (χ1v) is 14.2. The third-order valence-corrected chi connectivity index (χ3v) is 6.94. The van der Waals surface area contributed by atoms with E-state index in [9.17, 15) is 14.4 Å². The number of urea groups is 1. The molecule has 11 nitrogen and oxygen atoms in total. The van der Waals surface area contributed by atoms with E-state index in [1.54, 1.807) is 62.4 Å². The number of amides is 3. The molecular weight excluding hydrogens is 611 g/mol. The van der Waals surface area contributed by atoms with E-state index in [-0.39, 0.29) is 31.1 Å². The summed E-state index contributed by atoms with van der Waals surface area (Å²) in [6.07, 6.45) is 1.45. The zero-order valence-electron chi connectivity index (χ0n) is 24.1. The Hall–Kier alpha value is -4.74. The van der Waals surface area contributed by atoms with E-state index in [0.717, 1.165) is 5.56 Å². The number of ether oxygens (including phenoxy) is 4. The van der Waals surface area contributed by atoms with Crippen molar-refractivity contribution in [2.24, 2.45) is 5.10 Å². The minimum absolute atomic E-state index is 0.179. The molecule has 0 aromatic heterocycles. The number of hydrogen-bond donors (Lipinski definition) is 3. The highest BCUT2D eigenvalue weighted by atomic mass is 35.5. The number of nitrogens with zero attached hydrogens (tertiary/aromatic N) is 1. The predicted octanol–water partition coefficient (Wildman–Crippen LogP) is 5.30. The van der Waals surface area contributed by atoms with E-state index >= 15 is 0 Å². The lowest BCUT2D eigenvalue weighted by Crippen LogP contribution is -2.45. The SMILES string of the molecule is CCOC(=O)C1=C(C)NC(=O)N[C@H]1c1ccc(OCC(=O)N/N=C/c2ccccc2OCc2ccc(Cl)cc2Cl)c(OC)c1.